The van der Waals surface area contributed by atoms with Crippen LogP contribution in [0.25, 0.3) is 22.3 Å². The first-order chi connectivity index (χ1) is 28.4. The summed E-state index contributed by atoms with van der Waals surface area (Å²) in [6.45, 7) is 14.6. The molecule has 0 amide bonds. The summed E-state index contributed by atoms with van der Waals surface area (Å²) in [5.74, 6) is 5.28. The first-order valence-electron chi connectivity index (χ1n) is 22.6. The Morgan fingerprint density at radius 3 is 1.93 bits per heavy atom. The van der Waals surface area contributed by atoms with E-state index in [0.29, 0.717) is 17.3 Å². The lowest BCUT2D eigenvalue weighted by molar-refractivity contribution is -0.235. The van der Waals surface area contributed by atoms with Crippen molar-refractivity contribution in [1.29, 1.82) is 0 Å². The van der Waals surface area contributed by atoms with Crippen LogP contribution in [-0.4, -0.2) is 0 Å². The predicted molar refractivity (Wildman–Crippen MR) is 242 cm³/mol. The van der Waals surface area contributed by atoms with Gasteiger partial charge >= 0.3 is 0 Å². The summed E-state index contributed by atoms with van der Waals surface area (Å²) < 4.78 is 7.26. The fourth-order valence-electron chi connectivity index (χ4n) is 15.1. The molecule has 0 aromatic heterocycles. The molecule has 0 radical (unpaired) electrons. The van der Waals surface area contributed by atoms with Crippen molar-refractivity contribution >= 4 is 17.1 Å². The number of fused-ring (bicyclic) bond motifs is 11. The molecule has 1 heterocycles. The highest BCUT2D eigenvalue weighted by atomic mass is 16.5. The van der Waals surface area contributed by atoms with Crippen molar-refractivity contribution in [2.24, 2.45) is 29.1 Å². The largest absolute Gasteiger partial charge is 0.456 e. The van der Waals surface area contributed by atoms with Gasteiger partial charge in [0.2, 0.25) is 0 Å². The van der Waals surface area contributed by atoms with Crippen LogP contribution < -0.4 is 9.64 Å². The summed E-state index contributed by atoms with van der Waals surface area (Å²) in [6, 6.07) is 49.1. The molecule has 2 heteroatoms. The van der Waals surface area contributed by atoms with Gasteiger partial charge in [-0.1, -0.05) is 126 Å². The maximum Gasteiger partial charge on any atom is 0.139 e. The van der Waals surface area contributed by atoms with E-state index in [1.54, 1.807) is 0 Å². The Bertz CT molecular complexity index is 2790. The number of para-hydroxylation sites is 1. The number of ether oxygens (including phenoxy) is 1. The van der Waals surface area contributed by atoms with E-state index in [2.05, 4.69) is 174 Å². The van der Waals surface area contributed by atoms with Gasteiger partial charge in [0.25, 0.3) is 0 Å². The van der Waals surface area contributed by atoms with Crippen molar-refractivity contribution in [3.63, 3.8) is 0 Å². The van der Waals surface area contributed by atoms with E-state index < -0.39 is 0 Å². The molecule has 0 N–H and O–H groups in total. The van der Waals surface area contributed by atoms with Crippen LogP contribution in [0.5, 0.6) is 11.5 Å². The lowest BCUT2D eigenvalue weighted by Gasteiger charge is -2.77. The summed E-state index contributed by atoms with van der Waals surface area (Å²) in [5.41, 5.74) is 18.2. The summed E-state index contributed by atoms with van der Waals surface area (Å²) in [4.78, 5) is 2.60. The predicted octanol–water partition coefficient (Wildman–Crippen LogP) is 14.9. The number of benzene rings is 6. The van der Waals surface area contributed by atoms with Gasteiger partial charge in [0, 0.05) is 44.6 Å². The zero-order valence-corrected chi connectivity index (χ0v) is 35.5. The molecule has 2 nitrogen and oxygen atoms in total. The summed E-state index contributed by atoms with van der Waals surface area (Å²) >= 11 is 0. The van der Waals surface area contributed by atoms with Gasteiger partial charge in [-0.15, -0.1) is 0 Å². The average molecular weight is 770 g/mol. The molecule has 59 heavy (non-hydrogen) atoms. The van der Waals surface area contributed by atoms with Crippen LogP contribution in [0.15, 0.2) is 127 Å². The molecule has 6 atom stereocenters. The first-order valence-corrected chi connectivity index (χ1v) is 22.6. The van der Waals surface area contributed by atoms with Gasteiger partial charge in [0.05, 0.1) is 0 Å². The Morgan fingerprint density at radius 2 is 1.14 bits per heavy atom. The Morgan fingerprint density at radius 1 is 0.508 bits per heavy atom. The lowest BCUT2D eigenvalue weighted by atomic mass is 9.26. The summed E-state index contributed by atoms with van der Waals surface area (Å²) in [6.07, 6.45) is 8.01. The van der Waals surface area contributed by atoms with Crippen LogP contribution >= 0.6 is 0 Å². The first kappa shape index (κ1) is 34.8. The average Bonchev–Trinajstić information content (AvgIpc) is 3.85. The quantitative estimate of drug-likeness (QED) is 0.177. The zero-order chi connectivity index (χ0) is 39.8. The van der Waals surface area contributed by atoms with Crippen LogP contribution in [-0.2, 0) is 21.7 Å². The highest BCUT2D eigenvalue weighted by Gasteiger charge is 2.84. The van der Waals surface area contributed by atoms with E-state index in [0.717, 1.165) is 23.3 Å². The molecule has 2 bridgehead atoms. The highest BCUT2D eigenvalue weighted by Crippen LogP contribution is 2.89. The van der Waals surface area contributed by atoms with E-state index in [9.17, 15) is 0 Å². The number of hydrogen-bond donors (Lipinski definition) is 0. The lowest BCUT2D eigenvalue weighted by Crippen LogP contribution is -2.74. The molecule has 6 aromatic carbocycles. The van der Waals surface area contributed by atoms with Crippen LogP contribution in [0.1, 0.15) is 113 Å². The van der Waals surface area contributed by atoms with Crippen LogP contribution in [0.4, 0.5) is 17.1 Å². The van der Waals surface area contributed by atoms with Crippen LogP contribution in [0.3, 0.4) is 0 Å². The van der Waals surface area contributed by atoms with Gasteiger partial charge in [-0.2, -0.15) is 0 Å². The Hall–Kier alpha value is -5.08. The monoisotopic (exact) mass is 769 g/mol. The molecule has 13 rings (SSSR count). The SMILES string of the molecule is CC1(C)CCC(C)(C)c2cc(N(c3ccc4c(c3)C(C)(C)c3ccccc3-4)c3ccc4c(c3)C3(c5cccc(-c6ccccc6)c5O4)C4CC5CC6CC3C64C5)ccc21. The van der Waals surface area contributed by atoms with E-state index in [1.807, 2.05) is 0 Å². The second kappa shape index (κ2) is 11.2. The Balaban J connectivity index is 1.03. The minimum Gasteiger partial charge on any atom is -0.456 e. The van der Waals surface area contributed by atoms with E-state index in [1.165, 1.54) is 111 Å². The molecule has 6 unspecified atom stereocenters. The van der Waals surface area contributed by atoms with Crippen LogP contribution in [0.2, 0.25) is 0 Å². The van der Waals surface area contributed by atoms with E-state index in [-0.39, 0.29) is 21.7 Å². The van der Waals surface area contributed by atoms with Crippen molar-refractivity contribution < 1.29 is 4.74 Å². The van der Waals surface area contributed by atoms with Gasteiger partial charge in [0.15, 0.2) is 0 Å². The smallest absolute Gasteiger partial charge is 0.139 e. The van der Waals surface area contributed by atoms with Gasteiger partial charge in [-0.3, -0.25) is 0 Å². The molecule has 6 aliphatic carbocycles. The van der Waals surface area contributed by atoms with Gasteiger partial charge in [-0.25, -0.2) is 0 Å². The topological polar surface area (TPSA) is 12.5 Å². The number of anilines is 3. The molecular weight excluding hydrogens is 715 g/mol. The van der Waals surface area contributed by atoms with Crippen molar-refractivity contribution in [3.8, 4) is 33.8 Å². The highest BCUT2D eigenvalue weighted by molar-refractivity contribution is 5.87. The second-order valence-electron chi connectivity index (χ2n) is 21.6. The maximum absolute atomic E-state index is 7.26. The van der Waals surface area contributed by atoms with Crippen molar-refractivity contribution in [2.75, 3.05) is 4.90 Å². The molecule has 4 fully saturated rings. The van der Waals surface area contributed by atoms with Crippen LogP contribution in [0, 0.1) is 29.1 Å². The van der Waals surface area contributed by atoms with E-state index in [4.69, 9.17) is 4.74 Å². The molecule has 0 saturated heterocycles. The minimum absolute atomic E-state index is 0.0372. The fraction of sp³-hybridized carbons (Fsp3) is 0.368. The van der Waals surface area contributed by atoms with Gasteiger partial charge in [0.1, 0.15) is 11.5 Å². The third kappa shape index (κ3) is 4.19. The summed E-state index contributed by atoms with van der Waals surface area (Å²) in [5, 5.41) is 0. The minimum atomic E-state index is -0.0911. The van der Waals surface area contributed by atoms with Gasteiger partial charge < -0.3 is 9.64 Å². The Kier molecular flexibility index (Phi) is 6.59. The molecule has 7 aliphatic rings. The standard InChI is InChI=1S/C57H55NO/c1-53(2)25-26-54(3,4)47-31-38(20-23-44(47)53)58(37-19-22-42-41-15-10-11-17-43(41)55(5,6)46(42)30-37)39-21-24-49-48(32-39)57(50-28-34-27-36-29-51(57)56(36,50)33-34)45-18-12-16-40(52(45)59-49)35-13-8-7-9-14-35/h7-24,30-32,34,36,50-51H,25-29,33H2,1-6H3. The number of rotatable bonds is 4. The molecule has 4 saturated carbocycles. The van der Waals surface area contributed by atoms with Crippen molar-refractivity contribution in [1.82, 2.24) is 0 Å². The molecule has 294 valence electrons. The van der Waals surface area contributed by atoms with Gasteiger partial charge in [-0.05, 0) is 160 Å². The third-order valence-corrected chi connectivity index (χ3v) is 17.9. The van der Waals surface area contributed by atoms with Crippen molar-refractivity contribution in [3.05, 3.63) is 161 Å². The van der Waals surface area contributed by atoms with Crippen molar-refractivity contribution in [2.45, 2.75) is 102 Å². The normalized spacial score (nSPS) is 29.5. The zero-order valence-electron chi connectivity index (χ0n) is 35.5. The second-order valence-corrected chi connectivity index (χ2v) is 21.6. The molecule has 1 aliphatic heterocycles. The third-order valence-electron chi connectivity index (χ3n) is 17.9. The maximum atomic E-state index is 7.26. The molecule has 2 spiro atoms. The number of nitrogens with zero attached hydrogens (tertiary/aromatic N) is 1. The summed E-state index contributed by atoms with van der Waals surface area (Å²) in [7, 11) is 0. The fourth-order valence-corrected chi connectivity index (χ4v) is 15.1. The Labute approximate surface area is 350 Å². The molecule has 6 aromatic rings. The molecular formula is C57H55NO. The number of hydrogen-bond acceptors (Lipinski definition) is 2. The van der Waals surface area contributed by atoms with E-state index >= 15 is 0 Å².